The lowest BCUT2D eigenvalue weighted by Crippen LogP contribution is -1.88. The molecule has 4 heteroatoms. The third-order valence-electron chi connectivity index (χ3n) is 0.504. The van der Waals surface area contributed by atoms with Crippen molar-refractivity contribution in [2.75, 3.05) is 0 Å². The molecule has 0 amide bonds. The van der Waals surface area contributed by atoms with Gasteiger partial charge >= 0.3 is 0 Å². The van der Waals surface area contributed by atoms with E-state index in [1.165, 1.54) is 6.08 Å². The molecule has 0 spiro atoms. The quantitative estimate of drug-likeness (QED) is 0.571. The second-order valence-corrected chi connectivity index (χ2v) is 2.60. The normalized spacial score (nSPS) is 12.8. The molecule has 0 aromatic carbocycles. The summed E-state index contributed by atoms with van der Waals surface area (Å²) in [4.78, 5) is 0. The second kappa shape index (κ2) is 2.84. The van der Waals surface area contributed by atoms with E-state index in [9.17, 15) is 8.42 Å². The maximum absolute atomic E-state index is 9.86. The molecule has 0 aliphatic rings. The van der Waals surface area contributed by atoms with E-state index in [1.807, 2.05) is 0 Å². The van der Waals surface area contributed by atoms with E-state index >= 15 is 0 Å². The zero-order valence-corrected chi connectivity index (χ0v) is 5.35. The monoisotopic (exact) mass is 136 g/mol. The summed E-state index contributed by atoms with van der Waals surface area (Å²) in [5, 5.41) is 0.771. The summed E-state index contributed by atoms with van der Waals surface area (Å²) in [6.07, 6.45) is 1.98. The van der Waals surface area contributed by atoms with Crippen LogP contribution >= 0.6 is 0 Å². The number of rotatable bonds is 2. The molecule has 48 valence electrons. The van der Waals surface area contributed by atoms with Crippen LogP contribution in [-0.4, -0.2) is 13.0 Å². The minimum atomic E-state index is -3.87. The molecule has 0 aromatic rings. The Morgan fingerprint density at radius 3 is 2.25 bits per heavy atom. The molecule has 0 rings (SSSR count). The summed E-state index contributed by atoms with van der Waals surface area (Å²) in [7, 11) is -3.87. The molecule has 3 nitrogen and oxygen atoms in total. The molecular formula is C4H8O3S. The molecule has 0 atom stereocenters. The smallest absolute Gasteiger partial charge is 0.282 e. The Kier molecular flexibility index (Phi) is 2.71. The Bertz CT molecular complexity index is 166. The molecule has 0 aliphatic carbocycles. The summed E-state index contributed by atoms with van der Waals surface area (Å²) in [6, 6.07) is 0. The Morgan fingerprint density at radius 2 is 2.12 bits per heavy atom. The zero-order valence-electron chi connectivity index (χ0n) is 4.53. The second-order valence-electron chi connectivity index (χ2n) is 1.30. The van der Waals surface area contributed by atoms with E-state index in [4.69, 9.17) is 4.55 Å². The standard InChI is InChI=1S/C4H8O3S/c1-2-3-4-8(5,6)7/h3-4H,2H2,1H3,(H,5,6,7)/b4-3+. The van der Waals surface area contributed by atoms with Crippen LogP contribution in [0.15, 0.2) is 11.5 Å². The van der Waals surface area contributed by atoms with Crippen LogP contribution in [-0.2, 0) is 10.1 Å². The lowest BCUT2D eigenvalue weighted by atomic mass is 10.5. The molecule has 0 fully saturated rings. The first kappa shape index (κ1) is 7.65. The van der Waals surface area contributed by atoms with Crippen LogP contribution in [0.25, 0.3) is 0 Å². The molecule has 0 saturated heterocycles. The van der Waals surface area contributed by atoms with Gasteiger partial charge in [0.05, 0.1) is 5.41 Å². The molecule has 1 N–H and O–H groups in total. The van der Waals surface area contributed by atoms with Gasteiger partial charge in [-0.15, -0.1) is 0 Å². The van der Waals surface area contributed by atoms with Crippen molar-refractivity contribution in [2.45, 2.75) is 13.3 Å². The highest BCUT2D eigenvalue weighted by Gasteiger charge is 1.91. The molecule has 0 bridgehead atoms. The van der Waals surface area contributed by atoms with Crippen LogP contribution in [0.4, 0.5) is 0 Å². The predicted octanol–water partition coefficient (Wildman–Crippen LogP) is 0.798. The SMILES string of the molecule is CC/C=C/S(=O)(=O)O. The third kappa shape index (κ3) is 5.65. The Hall–Kier alpha value is -0.350. The Morgan fingerprint density at radius 1 is 1.62 bits per heavy atom. The first-order valence-electron chi connectivity index (χ1n) is 2.20. The van der Waals surface area contributed by atoms with E-state index in [0.717, 1.165) is 5.41 Å². The molecule has 0 heterocycles. The maximum atomic E-state index is 9.86. The molecule has 8 heavy (non-hydrogen) atoms. The fraction of sp³-hybridized carbons (Fsp3) is 0.500. The fourth-order valence-electron chi connectivity index (χ4n) is 0.218. The lowest BCUT2D eigenvalue weighted by molar-refractivity contribution is 0.494. The van der Waals surface area contributed by atoms with Crippen molar-refractivity contribution in [3.63, 3.8) is 0 Å². The van der Waals surface area contributed by atoms with Crippen molar-refractivity contribution in [3.05, 3.63) is 11.5 Å². The topological polar surface area (TPSA) is 54.4 Å². The lowest BCUT2D eigenvalue weighted by Gasteiger charge is -1.79. The van der Waals surface area contributed by atoms with Gasteiger partial charge in [-0.1, -0.05) is 13.0 Å². The number of hydrogen-bond donors (Lipinski definition) is 1. The summed E-state index contributed by atoms with van der Waals surface area (Å²) in [6.45, 7) is 1.78. The Labute approximate surface area is 48.8 Å². The van der Waals surface area contributed by atoms with Crippen molar-refractivity contribution in [1.29, 1.82) is 0 Å². The van der Waals surface area contributed by atoms with Gasteiger partial charge in [0.15, 0.2) is 0 Å². The molecule has 0 unspecified atom stereocenters. The van der Waals surface area contributed by atoms with Gasteiger partial charge in [0, 0.05) is 0 Å². The number of hydrogen-bond acceptors (Lipinski definition) is 2. The molecule has 0 aromatic heterocycles. The zero-order chi connectivity index (χ0) is 6.62. The molecule has 0 saturated carbocycles. The van der Waals surface area contributed by atoms with Gasteiger partial charge < -0.3 is 0 Å². The van der Waals surface area contributed by atoms with E-state index in [1.54, 1.807) is 6.92 Å². The van der Waals surface area contributed by atoms with Crippen LogP contribution < -0.4 is 0 Å². The van der Waals surface area contributed by atoms with Crippen molar-refractivity contribution in [1.82, 2.24) is 0 Å². The molecular weight excluding hydrogens is 128 g/mol. The fourth-order valence-corrected chi connectivity index (χ4v) is 0.653. The van der Waals surface area contributed by atoms with Gasteiger partial charge in [0.1, 0.15) is 0 Å². The van der Waals surface area contributed by atoms with Crippen molar-refractivity contribution in [2.24, 2.45) is 0 Å². The first-order valence-corrected chi connectivity index (χ1v) is 3.70. The predicted molar refractivity (Wildman–Crippen MR) is 31.0 cm³/mol. The van der Waals surface area contributed by atoms with E-state index in [0.29, 0.717) is 6.42 Å². The van der Waals surface area contributed by atoms with E-state index < -0.39 is 10.1 Å². The minimum absolute atomic E-state index is 0.611. The van der Waals surface area contributed by atoms with Crippen LogP contribution in [0.5, 0.6) is 0 Å². The summed E-state index contributed by atoms with van der Waals surface area (Å²) >= 11 is 0. The largest absolute Gasteiger partial charge is 0.287 e. The summed E-state index contributed by atoms with van der Waals surface area (Å²) < 4.78 is 27.8. The van der Waals surface area contributed by atoms with Crippen molar-refractivity contribution < 1.29 is 13.0 Å². The molecule has 0 radical (unpaired) electrons. The highest BCUT2D eigenvalue weighted by molar-refractivity contribution is 7.88. The summed E-state index contributed by atoms with van der Waals surface area (Å²) in [5.74, 6) is 0. The van der Waals surface area contributed by atoms with Gasteiger partial charge in [0.2, 0.25) is 0 Å². The van der Waals surface area contributed by atoms with Crippen LogP contribution in [0.1, 0.15) is 13.3 Å². The van der Waals surface area contributed by atoms with Crippen LogP contribution in [0.3, 0.4) is 0 Å². The highest BCUT2D eigenvalue weighted by Crippen LogP contribution is 1.86. The minimum Gasteiger partial charge on any atom is -0.282 e. The van der Waals surface area contributed by atoms with Gasteiger partial charge in [-0.25, -0.2) is 0 Å². The third-order valence-corrected chi connectivity index (χ3v) is 1.04. The van der Waals surface area contributed by atoms with Gasteiger partial charge in [-0.2, -0.15) is 8.42 Å². The van der Waals surface area contributed by atoms with Crippen LogP contribution in [0.2, 0.25) is 0 Å². The maximum Gasteiger partial charge on any atom is 0.287 e. The van der Waals surface area contributed by atoms with E-state index in [2.05, 4.69) is 0 Å². The van der Waals surface area contributed by atoms with E-state index in [-0.39, 0.29) is 0 Å². The molecule has 0 aliphatic heterocycles. The van der Waals surface area contributed by atoms with Crippen molar-refractivity contribution >= 4 is 10.1 Å². The van der Waals surface area contributed by atoms with Gasteiger partial charge in [-0.3, -0.25) is 4.55 Å². The average molecular weight is 136 g/mol. The van der Waals surface area contributed by atoms with Crippen molar-refractivity contribution in [3.8, 4) is 0 Å². The van der Waals surface area contributed by atoms with Gasteiger partial charge in [-0.05, 0) is 6.42 Å². The first-order chi connectivity index (χ1) is 3.56. The van der Waals surface area contributed by atoms with Crippen LogP contribution in [0, 0.1) is 0 Å². The van der Waals surface area contributed by atoms with Gasteiger partial charge in [0.25, 0.3) is 10.1 Å². The average Bonchev–Trinajstić information content (AvgIpc) is 1.59. The number of allylic oxidation sites excluding steroid dienone is 1. The highest BCUT2D eigenvalue weighted by atomic mass is 32.2. The Balaban J connectivity index is 3.92. The summed E-state index contributed by atoms with van der Waals surface area (Å²) in [5.41, 5.74) is 0.